The molecule has 0 unspecified atom stereocenters. The lowest BCUT2D eigenvalue weighted by molar-refractivity contribution is 0.265. The van der Waals surface area contributed by atoms with Crippen molar-refractivity contribution in [1.29, 1.82) is 0 Å². The molecule has 0 atom stereocenters. The van der Waals surface area contributed by atoms with Crippen molar-refractivity contribution in [3.05, 3.63) is 65.2 Å². The van der Waals surface area contributed by atoms with Gasteiger partial charge in [0.15, 0.2) is 0 Å². The molecule has 24 heavy (non-hydrogen) atoms. The van der Waals surface area contributed by atoms with Crippen molar-refractivity contribution < 1.29 is 4.74 Å². The van der Waals surface area contributed by atoms with Gasteiger partial charge in [0.1, 0.15) is 11.5 Å². The molecule has 2 aromatic rings. The minimum absolute atomic E-state index is 0.711. The van der Waals surface area contributed by atoms with Crippen LogP contribution in [0.3, 0.4) is 0 Å². The maximum Gasteiger partial charge on any atom is 0.127 e. The van der Waals surface area contributed by atoms with Gasteiger partial charge >= 0.3 is 0 Å². The molecule has 3 rings (SSSR count). The first kappa shape index (κ1) is 17.0. The van der Waals surface area contributed by atoms with Crippen LogP contribution in [0.2, 0.25) is 5.02 Å². The van der Waals surface area contributed by atoms with Crippen LogP contribution in [-0.4, -0.2) is 37.6 Å². The molecule has 3 nitrogen and oxygen atoms in total. The molecule has 1 fully saturated rings. The molecule has 1 saturated heterocycles. The molecule has 1 heterocycles. The van der Waals surface area contributed by atoms with Crippen molar-refractivity contribution in [2.24, 2.45) is 0 Å². The first-order valence-electron chi connectivity index (χ1n) is 8.34. The number of allylic oxidation sites excluding steroid dienone is 1. The fourth-order valence-electron chi connectivity index (χ4n) is 2.70. The smallest absolute Gasteiger partial charge is 0.127 e. The fourth-order valence-corrected chi connectivity index (χ4v) is 2.83. The second-order valence-electron chi connectivity index (χ2n) is 6.02. The quantitative estimate of drug-likeness (QED) is 0.869. The van der Waals surface area contributed by atoms with Gasteiger partial charge in [0, 0.05) is 37.7 Å². The Morgan fingerprint density at radius 3 is 2.25 bits per heavy atom. The van der Waals surface area contributed by atoms with E-state index in [9.17, 15) is 0 Å². The zero-order valence-electron chi connectivity index (χ0n) is 14.0. The van der Waals surface area contributed by atoms with Crippen molar-refractivity contribution in [2.45, 2.75) is 6.92 Å². The Kier molecular flexibility index (Phi) is 5.91. The lowest BCUT2D eigenvalue weighted by Crippen LogP contribution is -2.43. The number of nitrogens with zero attached hydrogens (tertiary/aromatic N) is 1. The van der Waals surface area contributed by atoms with Crippen LogP contribution in [0.1, 0.15) is 12.5 Å². The Hall–Kier alpha value is -1.81. The molecule has 0 bridgehead atoms. The van der Waals surface area contributed by atoms with Crippen LogP contribution in [0.5, 0.6) is 11.5 Å². The third kappa shape index (κ3) is 4.84. The Bertz CT molecular complexity index is 674. The van der Waals surface area contributed by atoms with Gasteiger partial charge in [0.05, 0.1) is 0 Å². The van der Waals surface area contributed by atoms with Crippen molar-refractivity contribution in [1.82, 2.24) is 10.2 Å². The van der Waals surface area contributed by atoms with Crippen LogP contribution in [0.25, 0.3) is 5.57 Å². The minimum atomic E-state index is 0.711. The van der Waals surface area contributed by atoms with E-state index in [1.54, 1.807) is 0 Å². The molecule has 126 valence electrons. The average Bonchev–Trinajstić information content (AvgIpc) is 2.63. The van der Waals surface area contributed by atoms with Gasteiger partial charge in [-0.05, 0) is 54.5 Å². The Labute approximate surface area is 148 Å². The monoisotopic (exact) mass is 342 g/mol. The average molecular weight is 343 g/mol. The largest absolute Gasteiger partial charge is 0.457 e. The summed E-state index contributed by atoms with van der Waals surface area (Å²) in [6.07, 6.45) is 2.31. The van der Waals surface area contributed by atoms with E-state index in [0.29, 0.717) is 5.02 Å². The van der Waals surface area contributed by atoms with Crippen molar-refractivity contribution in [3.8, 4) is 11.5 Å². The number of ether oxygens (including phenoxy) is 1. The van der Waals surface area contributed by atoms with E-state index in [0.717, 1.165) is 44.2 Å². The third-order valence-electron chi connectivity index (χ3n) is 4.22. The van der Waals surface area contributed by atoms with Crippen molar-refractivity contribution >= 4 is 17.2 Å². The molecule has 0 saturated carbocycles. The van der Waals surface area contributed by atoms with Crippen LogP contribution in [-0.2, 0) is 0 Å². The van der Waals surface area contributed by atoms with Gasteiger partial charge in [0.2, 0.25) is 0 Å². The summed E-state index contributed by atoms with van der Waals surface area (Å²) < 4.78 is 5.83. The van der Waals surface area contributed by atoms with Crippen LogP contribution in [0.15, 0.2) is 54.6 Å². The maximum atomic E-state index is 5.89. The van der Waals surface area contributed by atoms with Gasteiger partial charge < -0.3 is 10.1 Å². The summed E-state index contributed by atoms with van der Waals surface area (Å²) in [5.74, 6) is 1.62. The predicted octanol–water partition coefficient (Wildman–Crippen LogP) is 4.44. The molecule has 0 spiro atoms. The molecule has 1 aliphatic heterocycles. The zero-order chi connectivity index (χ0) is 16.8. The fraction of sp³-hybridized carbons (Fsp3) is 0.300. The molecular weight excluding hydrogens is 320 g/mol. The molecule has 0 radical (unpaired) electrons. The third-order valence-corrected chi connectivity index (χ3v) is 4.48. The molecule has 0 aromatic heterocycles. The summed E-state index contributed by atoms with van der Waals surface area (Å²) >= 11 is 5.89. The maximum absolute atomic E-state index is 5.89. The first-order chi connectivity index (χ1) is 11.7. The van der Waals surface area contributed by atoms with Crippen LogP contribution in [0.4, 0.5) is 0 Å². The number of hydrogen-bond donors (Lipinski definition) is 1. The highest BCUT2D eigenvalue weighted by molar-refractivity contribution is 6.30. The number of nitrogens with one attached hydrogen (secondary N) is 1. The van der Waals surface area contributed by atoms with E-state index in [-0.39, 0.29) is 0 Å². The summed E-state index contributed by atoms with van der Waals surface area (Å²) in [7, 11) is 0. The van der Waals surface area contributed by atoms with Gasteiger partial charge in [0.25, 0.3) is 0 Å². The molecule has 1 N–H and O–H groups in total. The summed E-state index contributed by atoms with van der Waals surface area (Å²) in [6, 6.07) is 15.6. The van der Waals surface area contributed by atoms with E-state index in [4.69, 9.17) is 16.3 Å². The lowest BCUT2D eigenvalue weighted by atomic mass is 10.1. The Morgan fingerprint density at radius 1 is 1.04 bits per heavy atom. The molecule has 4 heteroatoms. The van der Waals surface area contributed by atoms with E-state index >= 15 is 0 Å². The Morgan fingerprint density at radius 2 is 1.62 bits per heavy atom. The van der Waals surface area contributed by atoms with Crippen molar-refractivity contribution in [3.63, 3.8) is 0 Å². The Balaban J connectivity index is 1.59. The summed E-state index contributed by atoms with van der Waals surface area (Å²) in [5.41, 5.74) is 2.53. The predicted molar refractivity (Wildman–Crippen MR) is 101 cm³/mol. The highest BCUT2D eigenvalue weighted by atomic mass is 35.5. The SMILES string of the molecule is CC(=CCN1CCNCC1)c1ccc(Oc2ccc(Cl)cc2)cc1. The molecule has 0 amide bonds. The van der Waals surface area contributed by atoms with E-state index in [2.05, 4.69) is 35.3 Å². The zero-order valence-corrected chi connectivity index (χ0v) is 14.7. The van der Waals surface area contributed by atoms with Gasteiger partial charge in [-0.1, -0.05) is 29.8 Å². The topological polar surface area (TPSA) is 24.5 Å². The lowest BCUT2D eigenvalue weighted by Gasteiger charge is -2.26. The molecular formula is C20H23ClN2O. The van der Waals surface area contributed by atoms with Crippen LogP contribution < -0.4 is 10.1 Å². The second kappa shape index (κ2) is 8.34. The summed E-state index contributed by atoms with van der Waals surface area (Å²) in [4.78, 5) is 2.47. The number of rotatable bonds is 5. The highest BCUT2D eigenvalue weighted by Crippen LogP contribution is 2.25. The number of hydrogen-bond acceptors (Lipinski definition) is 3. The van der Waals surface area contributed by atoms with E-state index in [1.807, 2.05) is 36.4 Å². The normalized spacial score (nSPS) is 16.2. The molecule has 2 aromatic carbocycles. The highest BCUT2D eigenvalue weighted by Gasteiger charge is 2.07. The minimum Gasteiger partial charge on any atom is -0.457 e. The number of benzene rings is 2. The van der Waals surface area contributed by atoms with Crippen LogP contribution in [0, 0.1) is 0 Å². The number of halogens is 1. The first-order valence-corrected chi connectivity index (χ1v) is 8.72. The molecule has 0 aliphatic carbocycles. The molecule has 1 aliphatic rings. The van der Waals surface area contributed by atoms with E-state index < -0.39 is 0 Å². The van der Waals surface area contributed by atoms with Gasteiger partial charge in [-0.3, -0.25) is 4.90 Å². The van der Waals surface area contributed by atoms with E-state index in [1.165, 1.54) is 11.1 Å². The second-order valence-corrected chi connectivity index (χ2v) is 6.45. The number of piperazine rings is 1. The summed E-state index contributed by atoms with van der Waals surface area (Å²) in [6.45, 7) is 7.59. The standard InChI is InChI=1S/C20H23ClN2O/c1-16(10-13-23-14-11-22-12-15-23)17-2-6-19(7-3-17)24-20-8-4-18(21)5-9-20/h2-10,22H,11-15H2,1H3. The van der Waals surface area contributed by atoms with Gasteiger partial charge in [-0.2, -0.15) is 0 Å². The summed E-state index contributed by atoms with van der Waals surface area (Å²) in [5, 5.41) is 4.09. The van der Waals surface area contributed by atoms with Crippen molar-refractivity contribution in [2.75, 3.05) is 32.7 Å². The van der Waals surface area contributed by atoms with Gasteiger partial charge in [-0.25, -0.2) is 0 Å². The van der Waals surface area contributed by atoms with Crippen LogP contribution >= 0.6 is 11.6 Å². The van der Waals surface area contributed by atoms with Gasteiger partial charge in [-0.15, -0.1) is 0 Å².